The van der Waals surface area contributed by atoms with Crippen LogP contribution in [0.4, 0.5) is 11.4 Å². The van der Waals surface area contributed by atoms with E-state index in [4.69, 9.17) is 4.74 Å². The lowest BCUT2D eigenvalue weighted by Gasteiger charge is -2.38. The summed E-state index contributed by atoms with van der Waals surface area (Å²) in [5, 5.41) is 20.1. The number of rotatable bonds is 8. The molecule has 0 saturated carbocycles. The van der Waals surface area contributed by atoms with Gasteiger partial charge in [0.2, 0.25) is 0 Å². The Kier molecular flexibility index (Phi) is 7.09. The van der Waals surface area contributed by atoms with Crippen LogP contribution in [-0.4, -0.2) is 62.5 Å². The van der Waals surface area contributed by atoms with Crippen molar-refractivity contribution in [2.45, 2.75) is 32.6 Å². The minimum Gasteiger partial charge on any atom is -0.505 e. The molecule has 1 aromatic carbocycles. The number of hydrogen-bond acceptors (Lipinski definition) is 8. The average Bonchev–Trinajstić information content (AvgIpc) is 2.77. The highest BCUT2D eigenvalue weighted by molar-refractivity contribution is 6.43. The predicted molar refractivity (Wildman–Crippen MR) is 125 cm³/mol. The van der Waals surface area contributed by atoms with Gasteiger partial charge >= 0.3 is 5.97 Å². The van der Waals surface area contributed by atoms with Crippen LogP contribution in [0.25, 0.3) is 0 Å². The molecule has 8 nitrogen and oxygen atoms in total. The van der Waals surface area contributed by atoms with E-state index in [0.29, 0.717) is 11.4 Å². The SMILES string of the molecule is C=C(C(=NN(C)c1cc2c3c(c1O)CCCN3CCC2)C(=O)OCC)N(C)C=CNC. The topological polar surface area (TPSA) is 80.6 Å². The number of carbonyl (C=O) groups excluding carboxylic acids is 1. The smallest absolute Gasteiger partial charge is 0.360 e. The van der Waals surface area contributed by atoms with Crippen molar-refractivity contribution in [1.29, 1.82) is 0 Å². The van der Waals surface area contributed by atoms with Gasteiger partial charge in [0, 0.05) is 57.9 Å². The third kappa shape index (κ3) is 4.62. The molecule has 0 aliphatic carbocycles. The van der Waals surface area contributed by atoms with Crippen LogP contribution in [0.2, 0.25) is 0 Å². The Bertz CT molecular complexity index is 907. The number of carbonyl (C=O) groups is 1. The van der Waals surface area contributed by atoms with Crippen LogP contribution in [0.15, 0.2) is 35.8 Å². The number of benzene rings is 1. The molecule has 0 amide bonds. The van der Waals surface area contributed by atoms with Crippen molar-refractivity contribution in [3.63, 3.8) is 0 Å². The Balaban J connectivity index is 2.00. The van der Waals surface area contributed by atoms with Gasteiger partial charge in [-0.05, 0) is 44.2 Å². The zero-order valence-electron chi connectivity index (χ0n) is 18.9. The van der Waals surface area contributed by atoms with Gasteiger partial charge in [0.05, 0.1) is 12.3 Å². The molecule has 31 heavy (non-hydrogen) atoms. The zero-order chi connectivity index (χ0) is 22.5. The van der Waals surface area contributed by atoms with E-state index in [0.717, 1.165) is 44.3 Å². The van der Waals surface area contributed by atoms with Gasteiger partial charge in [-0.25, -0.2) is 4.79 Å². The average molecular weight is 428 g/mol. The number of hydrogen-bond donors (Lipinski definition) is 2. The molecular formula is C23H33N5O3. The molecule has 0 radical (unpaired) electrons. The van der Waals surface area contributed by atoms with E-state index in [9.17, 15) is 9.90 Å². The maximum Gasteiger partial charge on any atom is 0.360 e. The molecule has 0 atom stereocenters. The first-order valence-corrected chi connectivity index (χ1v) is 10.8. The molecule has 1 aromatic rings. The van der Waals surface area contributed by atoms with Gasteiger partial charge < -0.3 is 25.0 Å². The number of esters is 1. The van der Waals surface area contributed by atoms with E-state index < -0.39 is 5.97 Å². The maximum absolute atomic E-state index is 12.6. The molecular weight excluding hydrogens is 394 g/mol. The standard InChI is InChI=1S/C23H33N5O3/c1-6-31-23(30)20(16(2)26(4)14-11-24-3)25-27(5)19-15-17-9-7-12-28-13-8-10-18(21(17)28)22(19)29/h11,14-15,24,29H,2,6-10,12-13H2,1,3-5H3. The summed E-state index contributed by atoms with van der Waals surface area (Å²) in [6.07, 6.45) is 7.39. The molecule has 168 valence electrons. The molecule has 0 bridgehead atoms. The van der Waals surface area contributed by atoms with E-state index in [1.807, 2.05) is 6.07 Å². The summed E-state index contributed by atoms with van der Waals surface area (Å²) in [5.74, 6) is -0.331. The van der Waals surface area contributed by atoms with Crippen LogP contribution in [0, 0.1) is 0 Å². The van der Waals surface area contributed by atoms with Gasteiger partial charge in [0.1, 0.15) is 11.4 Å². The number of phenols is 1. The van der Waals surface area contributed by atoms with Gasteiger partial charge in [-0.2, -0.15) is 5.10 Å². The van der Waals surface area contributed by atoms with Gasteiger partial charge in [0.15, 0.2) is 5.71 Å². The van der Waals surface area contributed by atoms with E-state index in [1.165, 1.54) is 11.3 Å². The van der Waals surface area contributed by atoms with Crippen molar-refractivity contribution in [1.82, 2.24) is 10.2 Å². The molecule has 8 heteroatoms. The summed E-state index contributed by atoms with van der Waals surface area (Å²) >= 11 is 0. The third-order valence-corrected chi connectivity index (χ3v) is 5.71. The summed E-state index contributed by atoms with van der Waals surface area (Å²) < 4.78 is 5.21. The molecule has 2 aliphatic rings. The number of aryl methyl sites for hydroxylation is 1. The van der Waals surface area contributed by atoms with Gasteiger partial charge in [-0.3, -0.25) is 5.01 Å². The number of aromatic hydroxyl groups is 1. The van der Waals surface area contributed by atoms with E-state index >= 15 is 0 Å². The summed E-state index contributed by atoms with van der Waals surface area (Å²) in [7, 11) is 5.29. The Hall–Kier alpha value is -3.16. The van der Waals surface area contributed by atoms with Crippen LogP contribution in [0.1, 0.15) is 30.9 Å². The molecule has 0 saturated heterocycles. The maximum atomic E-state index is 12.6. The number of hydrazone groups is 1. The summed E-state index contributed by atoms with van der Waals surface area (Å²) in [6, 6.07) is 1.99. The van der Waals surface area contributed by atoms with Crippen LogP contribution < -0.4 is 15.2 Å². The quantitative estimate of drug-likeness (QED) is 0.375. The Labute approximate surface area is 184 Å². The summed E-state index contributed by atoms with van der Waals surface area (Å²) in [5.41, 5.74) is 4.44. The first kappa shape index (κ1) is 22.5. The highest BCUT2D eigenvalue weighted by Gasteiger charge is 2.29. The normalized spacial score (nSPS) is 15.5. The Morgan fingerprint density at radius 2 is 2.06 bits per heavy atom. The molecule has 2 heterocycles. The van der Waals surface area contributed by atoms with Crippen molar-refractivity contribution >= 4 is 23.1 Å². The molecule has 0 spiro atoms. The molecule has 0 aromatic heterocycles. The largest absolute Gasteiger partial charge is 0.505 e. The van der Waals surface area contributed by atoms with Gasteiger partial charge in [0.25, 0.3) is 0 Å². The van der Waals surface area contributed by atoms with Gasteiger partial charge in [-0.1, -0.05) is 6.58 Å². The minimum absolute atomic E-state index is 0.0833. The number of nitrogens with zero attached hydrogens (tertiary/aromatic N) is 4. The summed E-state index contributed by atoms with van der Waals surface area (Å²) in [4.78, 5) is 16.7. The lowest BCUT2D eigenvalue weighted by Crippen LogP contribution is -2.35. The van der Waals surface area contributed by atoms with Crippen molar-refractivity contribution < 1.29 is 14.6 Å². The zero-order valence-corrected chi connectivity index (χ0v) is 18.9. The van der Waals surface area contributed by atoms with Crippen molar-refractivity contribution in [3.05, 3.63) is 41.9 Å². The molecule has 3 rings (SSSR count). The van der Waals surface area contributed by atoms with Crippen LogP contribution in [-0.2, 0) is 22.4 Å². The minimum atomic E-state index is -0.561. The monoisotopic (exact) mass is 427 g/mol. The van der Waals surface area contributed by atoms with Crippen molar-refractivity contribution in [2.75, 3.05) is 50.7 Å². The second-order valence-electron chi connectivity index (χ2n) is 7.78. The van der Waals surface area contributed by atoms with Crippen molar-refractivity contribution in [3.8, 4) is 5.75 Å². The second kappa shape index (κ2) is 9.76. The summed E-state index contributed by atoms with van der Waals surface area (Å²) in [6.45, 7) is 8.07. The molecule has 2 N–H and O–H groups in total. The van der Waals surface area contributed by atoms with E-state index in [2.05, 4.69) is 21.9 Å². The highest BCUT2D eigenvalue weighted by atomic mass is 16.5. The fraction of sp³-hybridized carbons (Fsp3) is 0.478. The molecule has 2 aliphatic heterocycles. The number of nitrogens with one attached hydrogen (secondary N) is 1. The van der Waals surface area contributed by atoms with Crippen LogP contribution in [0.3, 0.4) is 0 Å². The lowest BCUT2D eigenvalue weighted by atomic mass is 9.90. The highest BCUT2D eigenvalue weighted by Crippen LogP contribution is 2.45. The first-order valence-electron chi connectivity index (χ1n) is 10.8. The fourth-order valence-corrected chi connectivity index (χ4v) is 4.14. The third-order valence-electron chi connectivity index (χ3n) is 5.71. The number of ether oxygens (including phenoxy) is 1. The molecule has 0 unspecified atom stereocenters. The van der Waals surface area contributed by atoms with E-state index in [1.54, 1.807) is 50.4 Å². The van der Waals surface area contributed by atoms with Crippen molar-refractivity contribution in [2.24, 2.45) is 5.10 Å². The second-order valence-corrected chi connectivity index (χ2v) is 7.78. The predicted octanol–water partition coefficient (Wildman–Crippen LogP) is 2.58. The fourth-order valence-electron chi connectivity index (χ4n) is 4.14. The first-order chi connectivity index (χ1) is 14.9. The molecule has 0 fully saturated rings. The van der Waals surface area contributed by atoms with Crippen LogP contribution >= 0.6 is 0 Å². The van der Waals surface area contributed by atoms with Crippen LogP contribution in [0.5, 0.6) is 5.75 Å². The van der Waals surface area contributed by atoms with E-state index in [-0.39, 0.29) is 18.1 Å². The lowest BCUT2D eigenvalue weighted by molar-refractivity contribution is -0.135. The van der Waals surface area contributed by atoms with Gasteiger partial charge in [-0.15, -0.1) is 0 Å². The number of anilines is 2. The Morgan fingerprint density at radius 1 is 1.35 bits per heavy atom. The number of phenolic OH excluding ortho intramolecular Hbond substituents is 1. The Morgan fingerprint density at radius 3 is 2.74 bits per heavy atom.